The summed E-state index contributed by atoms with van der Waals surface area (Å²) in [5.41, 5.74) is 11.9. The molecule has 0 saturated heterocycles. The third kappa shape index (κ3) is 4.96. The first-order chi connectivity index (χ1) is 27.8. The van der Waals surface area contributed by atoms with E-state index in [1.54, 1.807) is 0 Å². The van der Waals surface area contributed by atoms with Crippen LogP contribution in [-0.4, -0.2) is 15.0 Å². The number of hydrogen-bond acceptors (Lipinski definition) is 4. The second-order valence-corrected chi connectivity index (χ2v) is 14.7. The Balaban J connectivity index is 1.05. The molecule has 1 aromatic heterocycles. The highest BCUT2D eigenvalue weighted by atomic mass is 16.5. The highest BCUT2D eigenvalue weighted by Crippen LogP contribution is 2.65. The van der Waals surface area contributed by atoms with Crippen molar-refractivity contribution in [2.45, 2.75) is 11.3 Å². The monoisotopic (exact) mass is 717 g/mol. The highest BCUT2D eigenvalue weighted by Gasteiger charge is 2.56. The fourth-order valence-corrected chi connectivity index (χ4v) is 9.30. The molecule has 11 rings (SSSR count). The molecule has 0 N–H and O–H groups in total. The Bertz CT molecular complexity index is 2840. The number of benzene rings is 7. The molecule has 0 amide bonds. The zero-order chi connectivity index (χ0) is 37.1. The molecular weight excluding hydrogens is 683 g/mol. The van der Waals surface area contributed by atoms with Crippen LogP contribution in [0.25, 0.3) is 56.4 Å². The van der Waals surface area contributed by atoms with Crippen molar-refractivity contribution in [3.63, 3.8) is 0 Å². The molecule has 3 unspecified atom stereocenters. The van der Waals surface area contributed by atoms with Gasteiger partial charge in [-0.05, 0) is 33.9 Å². The van der Waals surface area contributed by atoms with Gasteiger partial charge in [0.2, 0.25) is 0 Å². The summed E-state index contributed by atoms with van der Waals surface area (Å²) in [6, 6.07) is 61.7. The van der Waals surface area contributed by atoms with Gasteiger partial charge in [-0.15, -0.1) is 0 Å². The first kappa shape index (κ1) is 32.3. The van der Waals surface area contributed by atoms with Gasteiger partial charge in [0, 0.05) is 45.2 Å². The van der Waals surface area contributed by atoms with Gasteiger partial charge in [0.1, 0.15) is 11.5 Å². The Labute approximate surface area is 326 Å². The molecular formula is C52H35N3O. The van der Waals surface area contributed by atoms with Gasteiger partial charge in [-0.1, -0.05) is 194 Å². The lowest BCUT2D eigenvalue weighted by atomic mass is 9.61. The van der Waals surface area contributed by atoms with Crippen molar-refractivity contribution in [1.29, 1.82) is 0 Å². The number of aromatic nitrogens is 3. The second kappa shape index (κ2) is 13.0. The average Bonchev–Trinajstić information content (AvgIpc) is 3.57. The van der Waals surface area contributed by atoms with Gasteiger partial charge < -0.3 is 4.74 Å². The Kier molecular flexibility index (Phi) is 7.49. The molecule has 0 radical (unpaired) electrons. The Morgan fingerprint density at radius 3 is 1.71 bits per heavy atom. The largest absolute Gasteiger partial charge is 0.456 e. The van der Waals surface area contributed by atoms with E-state index in [1.807, 2.05) is 42.5 Å². The van der Waals surface area contributed by atoms with Crippen LogP contribution in [0.2, 0.25) is 0 Å². The number of nitrogens with zero attached hydrogens (tertiary/aromatic N) is 3. The lowest BCUT2D eigenvalue weighted by molar-refractivity contribution is 0.375. The minimum Gasteiger partial charge on any atom is -0.456 e. The number of para-hydroxylation sites is 2. The predicted molar refractivity (Wildman–Crippen MR) is 224 cm³/mol. The average molecular weight is 718 g/mol. The van der Waals surface area contributed by atoms with Crippen LogP contribution in [0.1, 0.15) is 28.2 Å². The summed E-state index contributed by atoms with van der Waals surface area (Å²) in [6.07, 6.45) is 9.18. The van der Waals surface area contributed by atoms with E-state index in [0.29, 0.717) is 17.5 Å². The van der Waals surface area contributed by atoms with E-state index in [4.69, 9.17) is 19.7 Å². The van der Waals surface area contributed by atoms with E-state index in [2.05, 4.69) is 158 Å². The number of hydrogen-bond donors (Lipinski definition) is 0. The van der Waals surface area contributed by atoms with Crippen LogP contribution in [-0.2, 0) is 5.41 Å². The molecule has 2 heterocycles. The molecule has 56 heavy (non-hydrogen) atoms. The molecule has 3 aliphatic rings. The third-order valence-electron chi connectivity index (χ3n) is 11.7. The predicted octanol–water partition coefficient (Wildman–Crippen LogP) is 12.5. The van der Waals surface area contributed by atoms with Crippen LogP contribution < -0.4 is 4.74 Å². The molecule has 4 nitrogen and oxygen atoms in total. The smallest absolute Gasteiger partial charge is 0.164 e. The standard InChI is InChI=1S/C52H35N3O/c1-3-16-34(17-4-1)38-20-7-8-23-42(38)51-54-49(36-18-5-2-6-19-36)53-50(55-51)37-32-30-35(31-33-37)39-24-15-28-46-48(39)56-47-29-14-13-27-45(47)52(46)43-25-11-9-21-40(43)41-22-10-12-26-44(41)52/h1-33,40,43H. The fourth-order valence-electron chi connectivity index (χ4n) is 9.30. The summed E-state index contributed by atoms with van der Waals surface area (Å²) in [5, 5.41) is 0. The van der Waals surface area contributed by atoms with E-state index >= 15 is 0 Å². The highest BCUT2D eigenvalue weighted by molar-refractivity contribution is 5.83. The molecule has 4 heteroatoms. The fraction of sp³-hybridized carbons (Fsp3) is 0.0577. The summed E-state index contributed by atoms with van der Waals surface area (Å²) in [5.74, 6) is 4.20. The van der Waals surface area contributed by atoms with Gasteiger partial charge in [0.15, 0.2) is 17.5 Å². The molecule has 1 spiro atoms. The topological polar surface area (TPSA) is 47.9 Å². The maximum Gasteiger partial charge on any atom is 0.164 e. The quantitative estimate of drug-likeness (QED) is 0.178. The maximum absolute atomic E-state index is 6.96. The second-order valence-electron chi connectivity index (χ2n) is 14.7. The third-order valence-corrected chi connectivity index (χ3v) is 11.7. The number of ether oxygens (including phenoxy) is 1. The Morgan fingerprint density at radius 2 is 0.929 bits per heavy atom. The first-order valence-electron chi connectivity index (χ1n) is 19.2. The molecule has 7 aromatic carbocycles. The van der Waals surface area contributed by atoms with Gasteiger partial charge in [-0.3, -0.25) is 0 Å². The van der Waals surface area contributed by atoms with Gasteiger partial charge in [0.05, 0.1) is 5.41 Å². The van der Waals surface area contributed by atoms with Crippen LogP contribution in [0.5, 0.6) is 11.5 Å². The van der Waals surface area contributed by atoms with Gasteiger partial charge in [-0.2, -0.15) is 0 Å². The first-order valence-corrected chi connectivity index (χ1v) is 19.2. The van der Waals surface area contributed by atoms with Crippen LogP contribution in [0, 0.1) is 5.92 Å². The van der Waals surface area contributed by atoms with Crippen LogP contribution in [0.15, 0.2) is 200 Å². The lowest BCUT2D eigenvalue weighted by Crippen LogP contribution is -2.37. The normalized spacial score (nSPS) is 18.4. The molecule has 2 aliphatic carbocycles. The van der Waals surface area contributed by atoms with Crippen molar-refractivity contribution < 1.29 is 4.74 Å². The van der Waals surface area contributed by atoms with E-state index in [0.717, 1.165) is 50.4 Å². The Hall–Kier alpha value is -7.17. The summed E-state index contributed by atoms with van der Waals surface area (Å²) in [6.45, 7) is 0. The summed E-state index contributed by atoms with van der Waals surface area (Å²) in [4.78, 5) is 15.2. The minimum atomic E-state index is -0.395. The van der Waals surface area contributed by atoms with Crippen LogP contribution in [0.4, 0.5) is 0 Å². The van der Waals surface area contributed by atoms with Crippen molar-refractivity contribution in [2.75, 3.05) is 0 Å². The van der Waals surface area contributed by atoms with Crippen molar-refractivity contribution in [3.05, 3.63) is 222 Å². The SMILES string of the molecule is C1=CC2c3ccccc3C3(c4ccccc4Oc4c(-c5ccc(-c6nc(-c7ccccc7)nc(-c7ccccc7-c7ccccc7)n6)cc5)cccc43)C2C=C1. The number of rotatable bonds is 5. The van der Waals surface area contributed by atoms with Crippen molar-refractivity contribution in [3.8, 4) is 67.9 Å². The summed E-state index contributed by atoms with van der Waals surface area (Å²) < 4.78 is 6.96. The zero-order valence-electron chi connectivity index (χ0n) is 30.5. The number of fused-ring (bicyclic) bond motifs is 9. The van der Waals surface area contributed by atoms with Crippen molar-refractivity contribution in [1.82, 2.24) is 15.0 Å². The van der Waals surface area contributed by atoms with Gasteiger partial charge >= 0.3 is 0 Å². The van der Waals surface area contributed by atoms with Crippen molar-refractivity contribution >= 4 is 0 Å². The summed E-state index contributed by atoms with van der Waals surface area (Å²) in [7, 11) is 0. The molecule has 0 saturated carbocycles. The lowest BCUT2D eigenvalue weighted by Gasteiger charge is -2.43. The Morgan fingerprint density at radius 1 is 0.393 bits per heavy atom. The zero-order valence-corrected chi connectivity index (χ0v) is 30.5. The molecule has 1 aliphatic heterocycles. The number of allylic oxidation sites excluding steroid dienone is 4. The van der Waals surface area contributed by atoms with Crippen LogP contribution in [0.3, 0.4) is 0 Å². The van der Waals surface area contributed by atoms with Crippen molar-refractivity contribution in [2.24, 2.45) is 5.92 Å². The van der Waals surface area contributed by atoms with Gasteiger partial charge in [-0.25, -0.2) is 15.0 Å². The molecule has 0 fully saturated rings. The van der Waals surface area contributed by atoms with E-state index in [-0.39, 0.29) is 11.8 Å². The summed E-state index contributed by atoms with van der Waals surface area (Å²) >= 11 is 0. The molecule has 0 bridgehead atoms. The van der Waals surface area contributed by atoms with E-state index in [9.17, 15) is 0 Å². The van der Waals surface area contributed by atoms with Crippen LogP contribution >= 0.6 is 0 Å². The molecule has 3 atom stereocenters. The molecule has 8 aromatic rings. The minimum absolute atomic E-state index is 0.218. The maximum atomic E-state index is 6.96. The van der Waals surface area contributed by atoms with Gasteiger partial charge in [0.25, 0.3) is 0 Å². The van der Waals surface area contributed by atoms with E-state index in [1.165, 1.54) is 22.3 Å². The van der Waals surface area contributed by atoms with E-state index < -0.39 is 5.41 Å². The molecule has 264 valence electrons.